The molecule has 3 aliphatic heterocycles. The molecule has 0 spiro atoms. The van der Waals surface area contributed by atoms with Crippen molar-refractivity contribution in [2.75, 3.05) is 141 Å². The molecule has 5 aromatic rings. The topological polar surface area (TPSA) is 231 Å². The van der Waals surface area contributed by atoms with Crippen molar-refractivity contribution in [2.24, 2.45) is 11.5 Å². The van der Waals surface area contributed by atoms with Crippen LogP contribution in [-0.2, 0) is 30.5 Å². The van der Waals surface area contributed by atoms with Gasteiger partial charge in [-0.3, -0.25) is 4.79 Å². The van der Waals surface area contributed by atoms with Crippen LogP contribution in [0.5, 0.6) is 0 Å². The number of benzene rings is 5. The van der Waals surface area contributed by atoms with E-state index in [9.17, 15) is 14.4 Å². The third-order valence-corrected chi connectivity index (χ3v) is 18.0. The summed E-state index contributed by atoms with van der Waals surface area (Å²) in [6, 6.07) is 49.7. The first-order valence-corrected chi connectivity index (χ1v) is 40.6. The Bertz CT molecular complexity index is 3240. The van der Waals surface area contributed by atoms with Crippen LogP contribution < -0.4 is 59.3 Å². The summed E-state index contributed by atoms with van der Waals surface area (Å²) in [5.41, 5.74) is 15.5. The highest BCUT2D eigenvalue weighted by molar-refractivity contribution is 7.81. The van der Waals surface area contributed by atoms with Crippen LogP contribution in [0.3, 0.4) is 0 Å². The van der Waals surface area contributed by atoms with Gasteiger partial charge in [0.15, 0.2) is 30.7 Å². The largest absolute Gasteiger partial charge is 0.380 e. The van der Waals surface area contributed by atoms with E-state index in [4.69, 9.17) is 103 Å². The third kappa shape index (κ3) is 72.0. The van der Waals surface area contributed by atoms with Gasteiger partial charge in [0.25, 0.3) is 0 Å². The number of thiocarbonyl (C=S) groups is 9. The van der Waals surface area contributed by atoms with E-state index in [0.717, 1.165) is 112 Å². The van der Waals surface area contributed by atoms with Gasteiger partial charge in [0.2, 0.25) is 0 Å². The Labute approximate surface area is 733 Å². The molecule has 3 aliphatic rings. The molecule has 626 valence electrons. The first kappa shape index (κ1) is 111. The number of likely N-dealkylation sites (N-methyl/N-ethyl adjacent to an activating group) is 2. The summed E-state index contributed by atoms with van der Waals surface area (Å²) in [5.74, 6) is 0.261. The number of urea groups is 2. The molecular weight excluding hydrogens is 1600 g/mol. The SMILES string of the molecule is C=CCNC(=O)NCC=C.C=CCNC(=S)NCC=C.C=CCNC(N)=O.C=CCNC(N)=S.CCC(=S)CC.CN(C)C(=S)N(C)C.CN(C)C(=S)Nc1ccccc1.CN1CCCNC1=S.CN1CCN(C)C1=S.O=C(Cc1ccccc1)Cc1ccccc1.S=C(Cc1ccccc1)Cc1ccccc1.S=C1CCCN1. The number of primary amides is 1. The molecule has 0 bridgehead atoms. The van der Waals surface area contributed by atoms with Gasteiger partial charge in [0, 0.05) is 172 Å². The predicted molar refractivity (Wildman–Crippen MR) is 527 cm³/mol. The fraction of sp³-hybridized carbons (Fsp3) is 0.365. The zero-order valence-corrected chi connectivity index (χ0v) is 76.4. The van der Waals surface area contributed by atoms with Gasteiger partial charge in [-0.1, -0.05) is 226 Å². The molecule has 114 heavy (non-hydrogen) atoms. The fourth-order valence-electron chi connectivity index (χ4n) is 8.05. The molecule has 0 unspecified atom stereocenters. The smallest absolute Gasteiger partial charge is 0.315 e. The highest BCUT2D eigenvalue weighted by Gasteiger charge is 2.16. The molecule has 3 heterocycles. The van der Waals surface area contributed by atoms with Crippen LogP contribution in [0.4, 0.5) is 15.3 Å². The number of Topliss-reactive ketones (excluding diaryl/α,β-unsaturated/α-hetero) is 1. The predicted octanol–water partition coefficient (Wildman–Crippen LogP) is 13.8. The van der Waals surface area contributed by atoms with Gasteiger partial charge in [0.1, 0.15) is 5.78 Å². The molecule has 0 aliphatic carbocycles. The van der Waals surface area contributed by atoms with Gasteiger partial charge in [0.05, 0.1) is 4.99 Å². The molecule has 4 amide bonds. The number of nitrogens with two attached hydrogens (primary N) is 2. The molecular formula is C85H129N17O3S9. The fourth-order valence-corrected chi connectivity index (χ4v) is 9.38. The summed E-state index contributed by atoms with van der Waals surface area (Å²) in [6.07, 6.45) is 18.5. The van der Waals surface area contributed by atoms with Crippen molar-refractivity contribution in [2.45, 2.75) is 71.6 Å². The van der Waals surface area contributed by atoms with E-state index in [1.165, 1.54) is 28.8 Å². The van der Waals surface area contributed by atoms with Crippen LogP contribution in [0.25, 0.3) is 0 Å². The first-order chi connectivity index (χ1) is 54.3. The lowest BCUT2D eigenvalue weighted by atomic mass is 10.0. The number of rotatable bonds is 23. The van der Waals surface area contributed by atoms with E-state index in [0.29, 0.717) is 62.3 Å². The number of hydrogen-bond donors (Lipinski definition) is 11. The standard InChI is InChI=1S/C15H14O.C15H14S.C9H12N2S.C7H12N2O.C7H12N2S.2C5H10N2S.C5H12N2S.C5H10S.C4H8N2O.C4H8N2S.C4H7NS/c2*16-15(11-13-7-3-1-4-8-13)12-14-9-5-2-6-10-14;1-11(2)9(12)10-8-6-4-3-5-7-8;2*1-3-5-8-7(10)9-6-4-2;1-6-3-4-7(2)5(6)8;1-7-4-2-3-6-5(7)8;1-6(2)5(8)7(3)4;1-3-5(6)4-2;2*1-2-3-6-4(5)7;6-4-2-1-3-5-4/h2*1-10H,11-12H2;3-7H,1-2H3,(H,10,12);2*3-4H,1-2,5-6H2,(H2,8,9,10);3-4H2,1-2H3;2-4H2,1H3,(H,6,8);1-4H3;3-4H2,1-2H3;2*2H,1,3H2,(H3,5,6,7);1-3H2,(H,5,6). The maximum Gasteiger partial charge on any atom is 0.315 e. The molecule has 13 N–H and O–H groups in total. The van der Waals surface area contributed by atoms with Crippen LogP contribution >= 0.6 is 110 Å². The summed E-state index contributed by atoms with van der Waals surface area (Å²) in [5, 5.41) is 29.6. The van der Waals surface area contributed by atoms with Gasteiger partial charge in [-0.2, -0.15) is 0 Å². The zero-order chi connectivity index (χ0) is 86.7. The summed E-state index contributed by atoms with van der Waals surface area (Å²) < 4.78 is 0. The Morgan fingerprint density at radius 2 is 0.798 bits per heavy atom. The number of nitrogens with one attached hydrogen (secondary N) is 9. The normalized spacial score (nSPS) is 11.1. The minimum atomic E-state index is -0.514. The average molecular weight is 1730 g/mol. The molecule has 20 nitrogen and oxygen atoms in total. The van der Waals surface area contributed by atoms with E-state index in [-0.39, 0.29) is 11.8 Å². The quantitative estimate of drug-likeness (QED) is 0.0216. The zero-order valence-electron chi connectivity index (χ0n) is 69.0. The minimum absolute atomic E-state index is 0.195. The van der Waals surface area contributed by atoms with Crippen molar-refractivity contribution < 1.29 is 14.4 Å². The Hall–Kier alpha value is -9.04. The minimum Gasteiger partial charge on any atom is -0.380 e. The molecule has 0 saturated carbocycles. The third-order valence-electron chi connectivity index (χ3n) is 14.1. The monoisotopic (exact) mass is 1720 g/mol. The van der Waals surface area contributed by atoms with Gasteiger partial charge in [-0.25, -0.2) is 9.59 Å². The number of nitrogens with zero attached hydrogens (tertiary/aromatic N) is 6. The molecule has 29 heteroatoms. The van der Waals surface area contributed by atoms with Crippen molar-refractivity contribution >= 4 is 179 Å². The lowest BCUT2D eigenvalue weighted by Crippen LogP contribution is -2.43. The van der Waals surface area contributed by atoms with Gasteiger partial charge in [-0.15, -0.1) is 39.5 Å². The van der Waals surface area contributed by atoms with Crippen LogP contribution in [0, 0.1) is 0 Å². The highest BCUT2D eigenvalue weighted by atomic mass is 32.1. The average Bonchev–Trinajstić information content (AvgIpc) is 1.72. The number of ketones is 1. The molecule has 0 atom stereocenters. The first-order valence-electron chi connectivity index (χ1n) is 36.9. The summed E-state index contributed by atoms with van der Waals surface area (Å²) >= 11 is 44.4. The van der Waals surface area contributed by atoms with Gasteiger partial charge in [-0.05, 0) is 145 Å². The van der Waals surface area contributed by atoms with Crippen LogP contribution in [0.1, 0.15) is 68.2 Å². The summed E-state index contributed by atoms with van der Waals surface area (Å²) in [7, 11) is 17.6. The highest BCUT2D eigenvalue weighted by Crippen LogP contribution is 2.09. The maximum absolute atomic E-state index is 11.8. The van der Waals surface area contributed by atoms with E-state index in [1.54, 1.807) is 36.5 Å². The van der Waals surface area contributed by atoms with Crippen LogP contribution in [0.15, 0.2) is 228 Å². The van der Waals surface area contributed by atoms with Crippen molar-refractivity contribution in [1.29, 1.82) is 0 Å². The summed E-state index contributed by atoms with van der Waals surface area (Å²) in [6.45, 7) is 33.8. The van der Waals surface area contributed by atoms with Crippen molar-refractivity contribution in [3.8, 4) is 0 Å². The molecule has 8 rings (SSSR count). The van der Waals surface area contributed by atoms with E-state index in [2.05, 4.69) is 182 Å². The van der Waals surface area contributed by atoms with Crippen LogP contribution in [0.2, 0.25) is 0 Å². The summed E-state index contributed by atoms with van der Waals surface area (Å²) in [4.78, 5) is 47.4. The molecule has 0 radical (unpaired) electrons. The Kier molecular flexibility index (Phi) is 74.8. The maximum atomic E-state index is 11.8. The Morgan fingerprint density at radius 1 is 0.447 bits per heavy atom. The number of carbonyl (C=O) groups is 3. The number of anilines is 1. The van der Waals surface area contributed by atoms with Crippen LogP contribution in [-0.4, -0.2) is 228 Å². The van der Waals surface area contributed by atoms with E-state index < -0.39 is 6.03 Å². The number of carbonyl (C=O) groups excluding carboxylic acids is 3. The van der Waals surface area contributed by atoms with Crippen molar-refractivity contribution in [3.05, 3.63) is 250 Å². The van der Waals surface area contributed by atoms with E-state index >= 15 is 0 Å². The lowest BCUT2D eigenvalue weighted by molar-refractivity contribution is -0.117. The lowest BCUT2D eigenvalue weighted by Gasteiger charge is -2.25. The van der Waals surface area contributed by atoms with Crippen molar-refractivity contribution in [3.63, 3.8) is 0 Å². The second-order valence-corrected chi connectivity index (χ2v) is 28.7. The molecule has 5 aromatic carbocycles. The molecule has 0 aromatic heterocycles. The van der Waals surface area contributed by atoms with E-state index in [1.807, 2.05) is 181 Å². The number of hydrogen-bond acceptors (Lipinski definition) is 12. The second kappa shape index (κ2) is 76.6. The second-order valence-electron chi connectivity index (χ2n) is 24.7. The van der Waals surface area contributed by atoms with Gasteiger partial charge < -0.3 is 88.7 Å². The molecule has 3 fully saturated rings. The Morgan fingerprint density at radius 3 is 1.04 bits per heavy atom. The van der Waals surface area contributed by atoms with Gasteiger partial charge >= 0.3 is 12.1 Å². The number of amides is 4. The Balaban J connectivity index is -0.000000588. The number of para-hydroxylation sites is 1. The van der Waals surface area contributed by atoms with Crippen molar-refractivity contribution in [1.82, 2.24) is 71.9 Å². The molecule has 3 saturated heterocycles.